The number of aromatic amines is 1. The van der Waals surface area contributed by atoms with E-state index in [-0.39, 0.29) is 5.91 Å². The van der Waals surface area contributed by atoms with Crippen molar-refractivity contribution in [2.24, 2.45) is 0 Å². The Bertz CT molecular complexity index is 921. The van der Waals surface area contributed by atoms with E-state index in [1.165, 1.54) is 12.3 Å². The number of amides is 1. The van der Waals surface area contributed by atoms with E-state index in [0.29, 0.717) is 16.8 Å². The van der Waals surface area contributed by atoms with E-state index in [2.05, 4.69) is 21.2 Å². The van der Waals surface area contributed by atoms with E-state index in [1.807, 2.05) is 0 Å². The van der Waals surface area contributed by atoms with Crippen LogP contribution in [0, 0.1) is 18.3 Å². The number of fused-ring (bicyclic) bond motifs is 1. The smallest absolute Gasteiger partial charge is 0.267 e. The maximum Gasteiger partial charge on any atom is 0.267 e. The lowest BCUT2D eigenvalue weighted by molar-refractivity contribution is 0.0959. The second-order valence-electron chi connectivity index (χ2n) is 4.76. The molecular formula is C17H12FN3O. The molecule has 1 aromatic carbocycles. The molecule has 5 heteroatoms. The summed E-state index contributed by atoms with van der Waals surface area (Å²) in [4.78, 5) is 18.4. The van der Waals surface area contributed by atoms with Crippen LogP contribution in [0.1, 0.15) is 16.1 Å². The highest BCUT2D eigenvalue weighted by Crippen LogP contribution is 2.30. The normalized spacial score (nSPS) is 10.4. The van der Waals surface area contributed by atoms with E-state index < -0.39 is 5.95 Å². The highest BCUT2D eigenvalue weighted by molar-refractivity contribution is 6.02. The molecule has 0 aliphatic rings. The summed E-state index contributed by atoms with van der Waals surface area (Å²) in [6.45, 7) is 0. The van der Waals surface area contributed by atoms with Gasteiger partial charge in [-0.3, -0.25) is 4.79 Å². The van der Waals surface area contributed by atoms with E-state index >= 15 is 0 Å². The fourth-order valence-corrected chi connectivity index (χ4v) is 2.38. The Kier molecular flexibility index (Phi) is 3.36. The number of carbonyl (C=O) groups excluding carboxylic acids is 1. The number of aromatic nitrogens is 2. The summed E-state index contributed by atoms with van der Waals surface area (Å²) in [5.74, 6) is 1.77. The minimum atomic E-state index is -0.574. The lowest BCUT2D eigenvalue weighted by atomic mass is 10.0. The van der Waals surface area contributed by atoms with E-state index in [9.17, 15) is 9.18 Å². The summed E-state index contributed by atoms with van der Waals surface area (Å²) in [5, 5.41) is 3.35. The van der Waals surface area contributed by atoms with Gasteiger partial charge in [0.05, 0.1) is 5.52 Å². The highest BCUT2D eigenvalue weighted by atomic mass is 19.1. The number of terminal acetylenes is 1. The first-order valence-electron chi connectivity index (χ1n) is 6.59. The number of pyridine rings is 1. The Labute approximate surface area is 126 Å². The summed E-state index contributed by atoms with van der Waals surface area (Å²) < 4.78 is 13.4. The van der Waals surface area contributed by atoms with Crippen molar-refractivity contribution in [1.29, 1.82) is 0 Å². The quantitative estimate of drug-likeness (QED) is 0.564. The van der Waals surface area contributed by atoms with E-state index in [1.54, 1.807) is 31.3 Å². The summed E-state index contributed by atoms with van der Waals surface area (Å²) in [5.41, 5.74) is 3.16. The average Bonchev–Trinajstić information content (AvgIpc) is 2.97. The van der Waals surface area contributed by atoms with Gasteiger partial charge in [0.2, 0.25) is 5.95 Å². The number of nitrogens with one attached hydrogen (secondary N) is 2. The molecule has 0 atom stereocenters. The van der Waals surface area contributed by atoms with Gasteiger partial charge < -0.3 is 10.3 Å². The van der Waals surface area contributed by atoms with E-state index in [4.69, 9.17) is 6.42 Å². The van der Waals surface area contributed by atoms with Crippen molar-refractivity contribution in [2.75, 3.05) is 7.05 Å². The Hall–Kier alpha value is -3.13. The first-order valence-corrected chi connectivity index (χ1v) is 6.59. The minimum Gasteiger partial charge on any atom is -0.354 e. The lowest BCUT2D eigenvalue weighted by Gasteiger charge is -2.05. The van der Waals surface area contributed by atoms with Crippen LogP contribution in [0.4, 0.5) is 4.39 Å². The predicted octanol–water partition coefficient (Wildman–Crippen LogP) is 2.71. The van der Waals surface area contributed by atoms with Crippen LogP contribution in [0.2, 0.25) is 0 Å². The van der Waals surface area contributed by atoms with Gasteiger partial charge in [0.25, 0.3) is 5.91 Å². The van der Waals surface area contributed by atoms with Gasteiger partial charge in [-0.05, 0) is 29.8 Å². The second-order valence-corrected chi connectivity index (χ2v) is 4.76. The number of halogens is 1. The molecule has 0 spiro atoms. The van der Waals surface area contributed by atoms with Gasteiger partial charge >= 0.3 is 0 Å². The van der Waals surface area contributed by atoms with Crippen LogP contribution in [-0.4, -0.2) is 22.9 Å². The highest BCUT2D eigenvalue weighted by Gasteiger charge is 2.13. The molecule has 2 aromatic heterocycles. The van der Waals surface area contributed by atoms with Crippen molar-refractivity contribution in [3.63, 3.8) is 0 Å². The van der Waals surface area contributed by atoms with Crippen LogP contribution in [0.5, 0.6) is 0 Å². The summed E-state index contributed by atoms with van der Waals surface area (Å²) in [7, 11) is 1.56. The van der Waals surface area contributed by atoms with E-state index in [0.717, 1.165) is 16.5 Å². The van der Waals surface area contributed by atoms with Crippen molar-refractivity contribution in [2.45, 2.75) is 0 Å². The summed E-state index contributed by atoms with van der Waals surface area (Å²) in [6.07, 6.45) is 6.88. The Balaban J connectivity index is 2.30. The Morgan fingerprint density at radius 3 is 2.86 bits per heavy atom. The third-order valence-corrected chi connectivity index (χ3v) is 3.40. The minimum absolute atomic E-state index is 0.231. The topological polar surface area (TPSA) is 57.8 Å². The van der Waals surface area contributed by atoms with Crippen LogP contribution in [0.15, 0.2) is 36.5 Å². The van der Waals surface area contributed by atoms with Gasteiger partial charge in [-0.1, -0.05) is 5.92 Å². The molecule has 2 N–H and O–H groups in total. The zero-order valence-corrected chi connectivity index (χ0v) is 11.8. The molecule has 108 valence electrons. The molecule has 0 bridgehead atoms. The number of H-pyrrole nitrogens is 1. The van der Waals surface area contributed by atoms with Gasteiger partial charge in [0.15, 0.2) is 0 Å². The average molecular weight is 293 g/mol. The molecule has 0 radical (unpaired) electrons. The van der Waals surface area contributed by atoms with Crippen molar-refractivity contribution >= 4 is 16.8 Å². The zero-order valence-electron chi connectivity index (χ0n) is 11.8. The Morgan fingerprint density at radius 1 is 1.36 bits per heavy atom. The fraction of sp³-hybridized carbons (Fsp3) is 0.0588. The molecule has 22 heavy (non-hydrogen) atoms. The number of nitrogens with zero attached hydrogens (tertiary/aromatic N) is 1. The van der Waals surface area contributed by atoms with Crippen molar-refractivity contribution in [3.8, 4) is 23.5 Å². The molecule has 3 aromatic rings. The van der Waals surface area contributed by atoms with Crippen LogP contribution in [0.3, 0.4) is 0 Å². The SMILES string of the molecule is C#Cc1cc(-c2ccnc(F)c2)c2[nH]c(C(=O)NC)cc2c1. The van der Waals surface area contributed by atoms with Gasteiger partial charge in [0, 0.05) is 35.8 Å². The molecule has 0 aliphatic carbocycles. The molecule has 0 aliphatic heterocycles. The standard InChI is InChI=1S/C17H12FN3O/c1-3-10-6-12-8-14(17(22)19-2)21-16(12)13(7-10)11-4-5-20-15(18)9-11/h1,4-9,21H,2H3,(H,19,22). The number of rotatable bonds is 2. The molecule has 0 saturated heterocycles. The third kappa shape index (κ3) is 2.31. The van der Waals surface area contributed by atoms with Crippen LogP contribution in [-0.2, 0) is 0 Å². The molecule has 2 heterocycles. The van der Waals surface area contributed by atoms with Crippen molar-refractivity contribution in [3.05, 3.63) is 53.7 Å². The number of hydrogen-bond donors (Lipinski definition) is 2. The lowest BCUT2D eigenvalue weighted by Crippen LogP contribution is -2.17. The van der Waals surface area contributed by atoms with Gasteiger partial charge in [-0.15, -0.1) is 6.42 Å². The van der Waals surface area contributed by atoms with Gasteiger partial charge in [-0.2, -0.15) is 4.39 Å². The van der Waals surface area contributed by atoms with Crippen LogP contribution >= 0.6 is 0 Å². The van der Waals surface area contributed by atoms with Gasteiger partial charge in [-0.25, -0.2) is 4.98 Å². The number of hydrogen-bond acceptors (Lipinski definition) is 2. The molecule has 0 saturated carbocycles. The fourth-order valence-electron chi connectivity index (χ4n) is 2.38. The Morgan fingerprint density at radius 2 is 2.18 bits per heavy atom. The summed E-state index contributed by atoms with van der Waals surface area (Å²) >= 11 is 0. The van der Waals surface area contributed by atoms with Crippen LogP contribution < -0.4 is 5.32 Å². The number of carbonyl (C=O) groups is 1. The molecule has 0 fully saturated rings. The zero-order chi connectivity index (χ0) is 15.7. The molecule has 1 amide bonds. The molecule has 3 rings (SSSR count). The number of benzene rings is 1. The van der Waals surface area contributed by atoms with Crippen molar-refractivity contribution in [1.82, 2.24) is 15.3 Å². The second kappa shape index (κ2) is 5.34. The first-order chi connectivity index (χ1) is 10.6. The van der Waals surface area contributed by atoms with Crippen LogP contribution in [0.25, 0.3) is 22.0 Å². The largest absolute Gasteiger partial charge is 0.354 e. The monoisotopic (exact) mass is 293 g/mol. The molecule has 4 nitrogen and oxygen atoms in total. The maximum atomic E-state index is 13.4. The third-order valence-electron chi connectivity index (χ3n) is 3.40. The molecule has 0 unspecified atom stereocenters. The van der Waals surface area contributed by atoms with Crippen molar-refractivity contribution < 1.29 is 9.18 Å². The molecular weight excluding hydrogens is 281 g/mol. The first kappa shape index (κ1) is 13.8. The maximum absolute atomic E-state index is 13.4. The predicted molar refractivity (Wildman–Crippen MR) is 82.8 cm³/mol. The summed E-state index contributed by atoms with van der Waals surface area (Å²) in [6, 6.07) is 8.32. The van der Waals surface area contributed by atoms with Gasteiger partial charge in [0.1, 0.15) is 5.69 Å².